The molecule has 0 radical (unpaired) electrons. The highest BCUT2D eigenvalue weighted by molar-refractivity contribution is 5.70. The zero-order valence-electron chi connectivity index (χ0n) is 16.1. The van der Waals surface area contributed by atoms with Crippen molar-refractivity contribution in [3.63, 3.8) is 0 Å². The second-order valence-electron chi connectivity index (χ2n) is 6.73. The SMILES string of the molecule is CC(=O)Oc1ccc(C(C)(c2ccccc2)c2ccc(OC(C)=O)cc2)cc1. The number of carbonyl (C=O) groups excluding carboxylic acids is 2. The molecule has 0 amide bonds. The van der Waals surface area contributed by atoms with Crippen LogP contribution in [-0.2, 0) is 15.0 Å². The third kappa shape index (κ3) is 4.12. The largest absolute Gasteiger partial charge is 0.427 e. The molecule has 0 saturated heterocycles. The highest BCUT2D eigenvalue weighted by atomic mass is 16.5. The van der Waals surface area contributed by atoms with Crippen LogP contribution in [0.1, 0.15) is 37.5 Å². The van der Waals surface area contributed by atoms with E-state index in [0.29, 0.717) is 11.5 Å². The van der Waals surface area contributed by atoms with E-state index in [2.05, 4.69) is 19.1 Å². The van der Waals surface area contributed by atoms with Crippen molar-refractivity contribution in [1.29, 1.82) is 0 Å². The van der Waals surface area contributed by atoms with Gasteiger partial charge >= 0.3 is 11.9 Å². The molecule has 142 valence electrons. The number of ether oxygens (including phenoxy) is 2. The van der Waals surface area contributed by atoms with E-state index in [1.807, 2.05) is 42.5 Å². The molecule has 0 spiro atoms. The highest BCUT2D eigenvalue weighted by Crippen LogP contribution is 2.39. The van der Waals surface area contributed by atoms with Gasteiger partial charge in [0.1, 0.15) is 11.5 Å². The Morgan fingerprint density at radius 1 is 0.607 bits per heavy atom. The molecular formula is C24H22O4. The number of rotatable bonds is 5. The molecule has 0 aliphatic rings. The van der Waals surface area contributed by atoms with Crippen LogP contribution in [0.25, 0.3) is 0 Å². The first-order valence-corrected chi connectivity index (χ1v) is 9.03. The molecule has 3 aromatic rings. The molecule has 0 aliphatic heterocycles. The van der Waals surface area contributed by atoms with E-state index in [1.54, 1.807) is 24.3 Å². The molecule has 4 nitrogen and oxygen atoms in total. The molecule has 0 fully saturated rings. The Hall–Kier alpha value is -3.40. The van der Waals surface area contributed by atoms with Gasteiger partial charge in [-0.05, 0) is 47.9 Å². The number of benzene rings is 3. The van der Waals surface area contributed by atoms with Gasteiger partial charge in [-0.3, -0.25) is 9.59 Å². The summed E-state index contributed by atoms with van der Waals surface area (Å²) < 4.78 is 10.3. The Kier molecular flexibility index (Phi) is 5.59. The quantitative estimate of drug-likeness (QED) is 0.362. The maximum atomic E-state index is 11.2. The van der Waals surface area contributed by atoms with E-state index >= 15 is 0 Å². The number of carbonyl (C=O) groups is 2. The number of esters is 2. The molecule has 3 rings (SSSR count). The Balaban J connectivity index is 2.06. The summed E-state index contributed by atoms with van der Waals surface area (Å²) in [6.07, 6.45) is 0. The van der Waals surface area contributed by atoms with Crippen molar-refractivity contribution < 1.29 is 19.1 Å². The fraction of sp³-hybridized carbons (Fsp3) is 0.167. The summed E-state index contributed by atoms with van der Waals surface area (Å²) in [6.45, 7) is 4.91. The molecule has 3 aromatic carbocycles. The molecule has 0 saturated carbocycles. The van der Waals surface area contributed by atoms with Crippen LogP contribution in [0.3, 0.4) is 0 Å². The zero-order valence-corrected chi connectivity index (χ0v) is 16.1. The summed E-state index contributed by atoms with van der Waals surface area (Å²) in [7, 11) is 0. The van der Waals surface area contributed by atoms with Gasteiger partial charge in [0.15, 0.2) is 0 Å². The van der Waals surface area contributed by atoms with E-state index in [-0.39, 0.29) is 11.9 Å². The lowest BCUT2D eigenvalue weighted by Crippen LogP contribution is -2.25. The van der Waals surface area contributed by atoms with E-state index in [4.69, 9.17) is 9.47 Å². The van der Waals surface area contributed by atoms with Gasteiger partial charge in [-0.15, -0.1) is 0 Å². The van der Waals surface area contributed by atoms with E-state index < -0.39 is 5.41 Å². The summed E-state index contributed by atoms with van der Waals surface area (Å²) in [5.74, 6) is 0.327. The second-order valence-corrected chi connectivity index (χ2v) is 6.73. The van der Waals surface area contributed by atoms with Crippen LogP contribution >= 0.6 is 0 Å². The maximum Gasteiger partial charge on any atom is 0.308 e. The molecule has 0 unspecified atom stereocenters. The minimum Gasteiger partial charge on any atom is -0.427 e. The third-order valence-electron chi connectivity index (χ3n) is 4.74. The van der Waals surface area contributed by atoms with E-state index in [9.17, 15) is 9.59 Å². The zero-order chi connectivity index (χ0) is 20.1. The van der Waals surface area contributed by atoms with Gasteiger partial charge < -0.3 is 9.47 Å². The molecular weight excluding hydrogens is 352 g/mol. The third-order valence-corrected chi connectivity index (χ3v) is 4.74. The summed E-state index contributed by atoms with van der Waals surface area (Å²) in [5, 5.41) is 0. The van der Waals surface area contributed by atoms with E-state index in [0.717, 1.165) is 16.7 Å². The van der Waals surface area contributed by atoms with Crippen molar-refractivity contribution in [2.75, 3.05) is 0 Å². The van der Waals surface area contributed by atoms with Crippen molar-refractivity contribution in [3.8, 4) is 11.5 Å². The average Bonchev–Trinajstić information content (AvgIpc) is 2.68. The molecule has 0 N–H and O–H groups in total. The van der Waals surface area contributed by atoms with E-state index in [1.165, 1.54) is 13.8 Å². The molecule has 4 heteroatoms. The van der Waals surface area contributed by atoms with Crippen LogP contribution in [0.4, 0.5) is 0 Å². The van der Waals surface area contributed by atoms with Crippen molar-refractivity contribution in [2.45, 2.75) is 26.2 Å². The molecule has 0 atom stereocenters. The van der Waals surface area contributed by atoms with Gasteiger partial charge in [0.2, 0.25) is 0 Å². The normalized spacial score (nSPS) is 11.0. The summed E-state index contributed by atoms with van der Waals surface area (Å²) in [4.78, 5) is 22.4. The van der Waals surface area contributed by atoms with Crippen LogP contribution in [-0.4, -0.2) is 11.9 Å². The lowest BCUT2D eigenvalue weighted by Gasteiger charge is -2.32. The molecule has 0 aliphatic carbocycles. The minimum absolute atomic E-state index is 0.348. The Morgan fingerprint density at radius 3 is 1.32 bits per heavy atom. The van der Waals surface area contributed by atoms with Crippen molar-refractivity contribution in [1.82, 2.24) is 0 Å². The second kappa shape index (κ2) is 8.09. The predicted molar refractivity (Wildman–Crippen MR) is 108 cm³/mol. The predicted octanol–water partition coefficient (Wildman–Crippen LogP) is 4.89. The first kappa shape index (κ1) is 19.4. The van der Waals surface area contributed by atoms with Gasteiger partial charge in [-0.2, -0.15) is 0 Å². The first-order chi connectivity index (χ1) is 13.4. The Morgan fingerprint density at radius 2 is 0.964 bits per heavy atom. The van der Waals surface area contributed by atoms with Crippen LogP contribution < -0.4 is 9.47 Å². The smallest absolute Gasteiger partial charge is 0.308 e. The topological polar surface area (TPSA) is 52.6 Å². The molecule has 0 bridgehead atoms. The molecule has 0 aromatic heterocycles. The fourth-order valence-electron chi connectivity index (χ4n) is 3.32. The maximum absolute atomic E-state index is 11.2. The summed E-state index contributed by atoms with van der Waals surface area (Å²) >= 11 is 0. The van der Waals surface area contributed by atoms with Crippen molar-refractivity contribution in [3.05, 3.63) is 95.6 Å². The van der Waals surface area contributed by atoms with Gasteiger partial charge in [0, 0.05) is 19.3 Å². The minimum atomic E-state index is -0.440. The van der Waals surface area contributed by atoms with Crippen LogP contribution in [0, 0.1) is 0 Å². The van der Waals surface area contributed by atoms with Crippen LogP contribution in [0.2, 0.25) is 0 Å². The van der Waals surface area contributed by atoms with Gasteiger partial charge in [0.25, 0.3) is 0 Å². The van der Waals surface area contributed by atoms with Crippen molar-refractivity contribution >= 4 is 11.9 Å². The molecule has 0 heterocycles. The van der Waals surface area contributed by atoms with Gasteiger partial charge in [-0.25, -0.2) is 0 Å². The standard InChI is InChI=1S/C24H22O4/c1-17(25)27-22-13-9-20(10-14-22)24(3,19-7-5-4-6-8-19)21-11-15-23(16-12-21)28-18(2)26/h4-16H,1-3H3. The van der Waals surface area contributed by atoms with Gasteiger partial charge in [-0.1, -0.05) is 54.6 Å². The highest BCUT2D eigenvalue weighted by Gasteiger charge is 2.31. The van der Waals surface area contributed by atoms with Crippen LogP contribution in [0.15, 0.2) is 78.9 Å². The average molecular weight is 374 g/mol. The lowest BCUT2D eigenvalue weighted by atomic mass is 9.71. The number of hydrogen-bond acceptors (Lipinski definition) is 4. The van der Waals surface area contributed by atoms with Gasteiger partial charge in [0.05, 0.1) is 0 Å². The summed E-state index contributed by atoms with van der Waals surface area (Å²) in [6, 6.07) is 25.2. The fourth-order valence-corrected chi connectivity index (χ4v) is 3.32. The monoisotopic (exact) mass is 374 g/mol. The Bertz CT molecular complexity index is 898. The van der Waals surface area contributed by atoms with Crippen molar-refractivity contribution in [2.24, 2.45) is 0 Å². The molecule has 28 heavy (non-hydrogen) atoms. The lowest BCUT2D eigenvalue weighted by molar-refractivity contribution is -0.132. The first-order valence-electron chi connectivity index (χ1n) is 9.03. The summed E-state index contributed by atoms with van der Waals surface area (Å²) in [5.41, 5.74) is 2.78. The Labute approximate surface area is 164 Å². The van der Waals surface area contributed by atoms with Crippen LogP contribution in [0.5, 0.6) is 11.5 Å². The number of hydrogen-bond donors (Lipinski definition) is 0.